The van der Waals surface area contributed by atoms with Crippen molar-refractivity contribution < 1.29 is 13.2 Å². The topological polar surface area (TPSA) is 26.0 Å². The molecule has 1 aromatic rings. The quantitative estimate of drug-likeness (QED) is 0.782. The van der Waals surface area contributed by atoms with E-state index in [1.165, 1.54) is 12.1 Å². The van der Waals surface area contributed by atoms with Gasteiger partial charge in [-0.25, -0.2) is 0 Å². The fraction of sp³-hybridized carbons (Fsp3) is 0.455. The van der Waals surface area contributed by atoms with Gasteiger partial charge < -0.3 is 5.73 Å². The number of alkyl halides is 3. The molecule has 0 bridgehead atoms. The van der Waals surface area contributed by atoms with Gasteiger partial charge in [0.1, 0.15) is 0 Å². The maximum atomic E-state index is 12.9. The summed E-state index contributed by atoms with van der Waals surface area (Å²) in [6.45, 7) is 0. The first kappa shape index (κ1) is 13.0. The molecule has 0 amide bonds. The number of rotatable bonds is 1. The second kappa shape index (κ2) is 5.02. The Balaban J connectivity index is 2.39. The van der Waals surface area contributed by atoms with E-state index in [1.807, 2.05) is 0 Å². The molecule has 0 unspecified atom stereocenters. The molecule has 0 radical (unpaired) electrons. The van der Waals surface area contributed by atoms with Gasteiger partial charge in [0.25, 0.3) is 0 Å². The van der Waals surface area contributed by atoms with Gasteiger partial charge in [-0.05, 0) is 41.7 Å². The number of anilines is 1. The summed E-state index contributed by atoms with van der Waals surface area (Å²) in [5.41, 5.74) is 5.74. The summed E-state index contributed by atoms with van der Waals surface area (Å²) >= 11 is 3.13. The van der Waals surface area contributed by atoms with Crippen LogP contribution in [0.2, 0.25) is 0 Å². The predicted molar refractivity (Wildman–Crippen MR) is 68.1 cm³/mol. The molecule has 1 nitrogen and oxygen atoms in total. The van der Waals surface area contributed by atoms with Gasteiger partial charge in [-0.1, -0.05) is 0 Å². The third-order valence-corrected chi connectivity index (χ3v) is 5.44. The third kappa shape index (κ3) is 3.04. The Labute approximate surface area is 106 Å². The van der Waals surface area contributed by atoms with Gasteiger partial charge >= 0.3 is 6.18 Å². The molecule has 0 spiro atoms. The van der Waals surface area contributed by atoms with Crippen molar-refractivity contribution in [2.45, 2.75) is 17.2 Å². The number of nitrogens with two attached hydrogens (primary N) is 1. The van der Waals surface area contributed by atoms with Crippen LogP contribution in [0.15, 0.2) is 18.2 Å². The molecular weight excluding hydrogens is 267 g/mol. The summed E-state index contributed by atoms with van der Waals surface area (Å²) in [5.74, 6) is 1.81. The molecule has 1 aromatic carbocycles. The average molecular weight is 279 g/mol. The fourth-order valence-corrected chi connectivity index (χ4v) is 4.65. The highest BCUT2D eigenvalue weighted by Gasteiger charge is 2.35. The second-order valence-corrected chi connectivity index (χ2v) is 6.50. The summed E-state index contributed by atoms with van der Waals surface area (Å²) in [6.07, 6.45) is -3.25. The van der Waals surface area contributed by atoms with Crippen molar-refractivity contribution in [1.29, 1.82) is 0 Å². The van der Waals surface area contributed by atoms with Gasteiger partial charge in [-0.2, -0.15) is 13.2 Å². The van der Waals surface area contributed by atoms with E-state index in [1.54, 1.807) is 23.5 Å². The Kier molecular flexibility index (Phi) is 3.82. The average Bonchev–Trinajstić information content (AvgIpc) is 2.28. The molecule has 1 saturated heterocycles. The largest absolute Gasteiger partial charge is 0.416 e. The highest BCUT2D eigenvalue weighted by Crippen LogP contribution is 2.48. The standard InChI is InChI=1S/C11H12F3NS2/c12-11(13,14)9-3-2-7(15)6-8(9)10-16-4-1-5-17-10/h2-3,6,10H,1,4-5,15H2. The van der Waals surface area contributed by atoms with Crippen LogP contribution in [0.5, 0.6) is 0 Å². The zero-order valence-electron chi connectivity index (χ0n) is 8.96. The first-order valence-corrected chi connectivity index (χ1v) is 7.28. The lowest BCUT2D eigenvalue weighted by molar-refractivity contribution is -0.138. The van der Waals surface area contributed by atoms with Gasteiger partial charge in [0.15, 0.2) is 0 Å². The number of nitrogen functional groups attached to an aromatic ring is 1. The van der Waals surface area contributed by atoms with Gasteiger partial charge in [0.05, 0.1) is 10.1 Å². The first-order chi connectivity index (χ1) is 7.98. The van der Waals surface area contributed by atoms with Crippen molar-refractivity contribution in [3.05, 3.63) is 29.3 Å². The monoisotopic (exact) mass is 279 g/mol. The van der Waals surface area contributed by atoms with E-state index < -0.39 is 11.7 Å². The Morgan fingerprint density at radius 2 is 1.82 bits per heavy atom. The number of thioether (sulfide) groups is 2. The molecule has 94 valence electrons. The lowest BCUT2D eigenvalue weighted by Gasteiger charge is -2.24. The van der Waals surface area contributed by atoms with E-state index in [4.69, 9.17) is 5.73 Å². The van der Waals surface area contributed by atoms with Gasteiger partial charge in [0, 0.05) is 5.69 Å². The minimum absolute atomic E-state index is 0.149. The SMILES string of the molecule is Nc1ccc(C(F)(F)F)c(C2SCCCS2)c1. The van der Waals surface area contributed by atoms with Crippen molar-refractivity contribution in [3.63, 3.8) is 0 Å². The number of hydrogen-bond donors (Lipinski definition) is 1. The maximum Gasteiger partial charge on any atom is 0.416 e. The van der Waals surface area contributed by atoms with Crippen molar-refractivity contribution in [2.24, 2.45) is 0 Å². The normalized spacial score (nSPS) is 18.3. The van der Waals surface area contributed by atoms with E-state index in [0.717, 1.165) is 24.0 Å². The van der Waals surface area contributed by atoms with Crippen LogP contribution in [-0.4, -0.2) is 11.5 Å². The first-order valence-electron chi connectivity index (χ1n) is 5.18. The molecule has 1 aliphatic rings. The van der Waals surface area contributed by atoms with Gasteiger partial charge in [-0.3, -0.25) is 0 Å². The van der Waals surface area contributed by atoms with E-state index in [-0.39, 0.29) is 4.58 Å². The third-order valence-electron chi connectivity index (χ3n) is 2.46. The van der Waals surface area contributed by atoms with Crippen LogP contribution in [-0.2, 0) is 6.18 Å². The summed E-state index contributed by atoms with van der Waals surface area (Å²) in [5, 5.41) is 0. The Morgan fingerprint density at radius 3 is 2.41 bits per heavy atom. The van der Waals surface area contributed by atoms with Crippen molar-refractivity contribution in [1.82, 2.24) is 0 Å². The maximum absolute atomic E-state index is 12.9. The minimum Gasteiger partial charge on any atom is -0.399 e. The van der Waals surface area contributed by atoms with E-state index in [2.05, 4.69) is 0 Å². The zero-order valence-corrected chi connectivity index (χ0v) is 10.6. The molecule has 1 aliphatic heterocycles. The second-order valence-electron chi connectivity index (χ2n) is 3.77. The fourth-order valence-electron chi connectivity index (χ4n) is 1.70. The van der Waals surface area contributed by atoms with Crippen molar-refractivity contribution in [3.8, 4) is 0 Å². The molecule has 2 rings (SSSR count). The number of hydrogen-bond acceptors (Lipinski definition) is 3. The predicted octanol–water partition coefficient (Wildman–Crippen LogP) is 4.16. The van der Waals surface area contributed by atoms with Crippen LogP contribution in [0.3, 0.4) is 0 Å². The lowest BCUT2D eigenvalue weighted by atomic mass is 10.1. The molecule has 0 atom stereocenters. The summed E-state index contributed by atoms with van der Waals surface area (Å²) in [4.78, 5) is 0. The van der Waals surface area contributed by atoms with Crippen molar-refractivity contribution in [2.75, 3.05) is 17.2 Å². The molecule has 17 heavy (non-hydrogen) atoms. The zero-order chi connectivity index (χ0) is 12.5. The van der Waals surface area contributed by atoms with Crippen LogP contribution < -0.4 is 5.73 Å². The lowest BCUT2D eigenvalue weighted by Crippen LogP contribution is -2.12. The highest BCUT2D eigenvalue weighted by molar-refractivity contribution is 8.16. The van der Waals surface area contributed by atoms with Gasteiger partial charge in [-0.15, -0.1) is 23.5 Å². The van der Waals surface area contributed by atoms with Crippen LogP contribution in [0.1, 0.15) is 22.1 Å². The van der Waals surface area contributed by atoms with Crippen LogP contribution in [0, 0.1) is 0 Å². The summed E-state index contributed by atoms with van der Waals surface area (Å²) in [7, 11) is 0. The molecule has 2 N–H and O–H groups in total. The summed E-state index contributed by atoms with van der Waals surface area (Å²) in [6, 6.07) is 3.85. The van der Waals surface area contributed by atoms with Crippen LogP contribution in [0.25, 0.3) is 0 Å². The highest BCUT2D eigenvalue weighted by atomic mass is 32.2. The molecule has 6 heteroatoms. The molecule has 0 saturated carbocycles. The summed E-state index contributed by atoms with van der Waals surface area (Å²) < 4.78 is 38.5. The molecule has 0 aromatic heterocycles. The van der Waals surface area contributed by atoms with E-state index in [0.29, 0.717) is 11.3 Å². The van der Waals surface area contributed by atoms with Crippen LogP contribution >= 0.6 is 23.5 Å². The molecule has 0 aliphatic carbocycles. The van der Waals surface area contributed by atoms with Gasteiger partial charge in [0.2, 0.25) is 0 Å². The number of benzene rings is 1. The Morgan fingerprint density at radius 1 is 1.18 bits per heavy atom. The molecule has 1 fully saturated rings. The molecular formula is C11H12F3NS2. The Bertz CT molecular complexity index is 400. The minimum atomic E-state index is -4.30. The van der Waals surface area contributed by atoms with E-state index >= 15 is 0 Å². The van der Waals surface area contributed by atoms with Crippen LogP contribution in [0.4, 0.5) is 18.9 Å². The van der Waals surface area contributed by atoms with E-state index in [9.17, 15) is 13.2 Å². The molecule has 1 heterocycles. The smallest absolute Gasteiger partial charge is 0.399 e. The van der Waals surface area contributed by atoms with Crippen molar-refractivity contribution >= 4 is 29.2 Å². The number of halogens is 3. The Hall–Kier alpha value is -0.490.